The van der Waals surface area contributed by atoms with E-state index in [9.17, 15) is 19.2 Å². The Morgan fingerprint density at radius 1 is 1.20 bits per heavy atom. The van der Waals surface area contributed by atoms with Crippen molar-refractivity contribution >= 4 is 11.8 Å². The van der Waals surface area contributed by atoms with Crippen LogP contribution in [0.3, 0.4) is 0 Å². The van der Waals surface area contributed by atoms with E-state index in [1.807, 2.05) is 0 Å². The molecule has 4 atom stereocenters. The first-order valence-corrected chi connectivity index (χ1v) is 10.1. The van der Waals surface area contributed by atoms with Crippen molar-refractivity contribution in [2.24, 2.45) is 11.7 Å². The van der Waals surface area contributed by atoms with Crippen LogP contribution in [-0.4, -0.2) is 29.9 Å². The Hall–Kier alpha value is -3.24. The molecule has 2 aromatic rings. The molecule has 1 aliphatic heterocycles. The molecule has 30 heavy (non-hydrogen) atoms. The van der Waals surface area contributed by atoms with E-state index in [1.165, 1.54) is 6.07 Å². The van der Waals surface area contributed by atoms with Gasteiger partial charge < -0.3 is 16.4 Å². The average molecular weight is 406 g/mol. The van der Waals surface area contributed by atoms with Crippen LogP contribution in [0.5, 0.6) is 0 Å². The fraction of sp³-hybridized carbons (Fsp3) is 0.348. The molecule has 2 aromatic carbocycles. The SMILES string of the molecule is N#CC(Cc1ccc(-c2ccc(C(N)=O)cc2)cc1F)NC(=O)C1NC2CCC1C2. The van der Waals surface area contributed by atoms with Crippen LogP contribution in [0.4, 0.5) is 4.39 Å². The van der Waals surface area contributed by atoms with Crippen LogP contribution in [0, 0.1) is 23.1 Å². The first-order chi connectivity index (χ1) is 14.4. The van der Waals surface area contributed by atoms with Gasteiger partial charge >= 0.3 is 0 Å². The molecule has 4 rings (SSSR count). The first kappa shape index (κ1) is 20.0. The third-order valence-corrected chi connectivity index (χ3v) is 6.09. The minimum Gasteiger partial charge on any atom is -0.366 e. The lowest BCUT2D eigenvalue weighted by Gasteiger charge is -2.23. The Bertz CT molecular complexity index is 1010. The standard InChI is InChI=1S/C23H23FN4O2/c24-20-11-15(13-1-3-14(4-2-13)22(26)29)5-6-16(20)9-19(12-25)28-23(30)21-17-7-8-18(10-17)27-21/h1-6,11,17-19,21,27H,7-10H2,(H2,26,29)(H,28,30). The Kier molecular flexibility index (Phi) is 5.51. The van der Waals surface area contributed by atoms with Gasteiger partial charge in [0.05, 0.1) is 12.1 Å². The van der Waals surface area contributed by atoms with Crippen molar-refractivity contribution in [3.05, 3.63) is 59.4 Å². The summed E-state index contributed by atoms with van der Waals surface area (Å²) in [6.07, 6.45) is 3.23. The van der Waals surface area contributed by atoms with Gasteiger partial charge in [-0.05, 0) is 60.1 Å². The number of piperidine rings is 1. The molecule has 2 fully saturated rings. The second-order valence-corrected chi connectivity index (χ2v) is 8.06. The van der Waals surface area contributed by atoms with Gasteiger partial charge in [-0.25, -0.2) is 4.39 Å². The molecule has 4 unspecified atom stereocenters. The minimum absolute atomic E-state index is 0.0930. The number of amides is 2. The molecular formula is C23H23FN4O2. The third kappa shape index (κ3) is 4.05. The average Bonchev–Trinajstić information content (AvgIpc) is 3.38. The molecule has 7 heteroatoms. The predicted octanol–water partition coefficient (Wildman–Crippen LogP) is 2.28. The molecule has 154 valence electrons. The Balaban J connectivity index is 1.42. The fourth-order valence-corrected chi connectivity index (χ4v) is 4.48. The van der Waals surface area contributed by atoms with Crippen molar-refractivity contribution in [1.82, 2.24) is 10.6 Å². The van der Waals surface area contributed by atoms with Crippen molar-refractivity contribution in [2.45, 2.75) is 43.8 Å². The number of halogens is 1. The number of rotatable bonds is 6. The van der Waals surface area contributed by atoms with E-state index in [0.717, 1.165) is 24.8 Å². The van der Waals surface area contributed by atoms with Crippen molar-refractivity contribution in [1.29, 1.82) is 5.26 Å². The Morgan fingerprint density at radius 2 is 1.93 bits per heavy atom. The molecule has 2 aliphatic rings. The van der Waals surface area contributed by atoms with E-state index in [4.69, 9.17) is 5.73 Å². The number of nitrogens with one attached hydrogen (secondary N) is 2. The second-order valence-electron chi connectivity index (χ2n) is 8.06. The van der Waals surface area contributed by atoms with E-state index >= 15 is 0 Å². The van der Waals surface area contributed by atoms with Crippen LogP contribution in [0.2, 0.25) is 0 Å². The van der Waals surface area contributed by atoms with E-state index in [0.29, 0.717) is 28.7 Å². The normalized spacial score (nSPS) is 23.0. The van der Waals surface area contributed by atoms with E-state index in [-0.39, 0.29) is 18.4 Å². The summed E-state index contributed by atoms with van der Waals surface area (Å²) in [5, 5.41) is 15.5. The van der Waals surface area contributed by atoms with Crippen molar-refractivity contribution in [3.63, 3.8) is 0 Å². The highest BCUT2D eigenvalue weighted by molar-refractivity contribution is 5.93. The number of primary amides is 1. The van der Waals surface area contributed by atoms with Crippen molar-refractivity contribution < 1.29 is 14.0 Å². The fourth-order valence-electron chi connectivity index (χ4n) is 4.48. The molecule has 2 amide bonds. The highest BCUT2D eigenvalue weighted by Crippen LogP contribution is 2.35. The van der Waals surface area contributed by atoms with Gasteiger partial charge in [0, 0.05) is 18.0 Å². The summed E-state index contributed by atoms with van der Waals surface area (Å²) in [7, 11) is 0. The quantitative estimate of drug-likeness (QED) is 0.684. The van der Waals surface area contributed by atoms with Crippen LogP contribution >= 0.6 is 0 Å². The largest absolute Gasteiger partial charge is 0.366 e. The van der Waals surface area contributed by atoms with Gasteiger partial charge in [0.15, 0.2) is 0 Å². The molecule has 1 saturated carbocycles. The van der Waals surface area contributed by atoms with Crippen LogP contribution in [0.15, 0.2) is 42.5 Å². The lowest BCUT2D eigenvalue weighted by molar-refractivity contribution is -0.124. The molecule has 2 bridgehead atoms. The zero-order valence-electron chi connectivity index (χ0n) is 16.4. The molecular weight excluding hydrogens is 383 g/mol. The van der Waals surface area contributed by atoms with Gasteiger partial charge in [-0.15, -0.1) is 0 Å². The lowest BCUT2D eigenvalue weighted by Crippen LogP contribution is -2.50. The van der Waals surface area contributed by atoms with Gasteiger partial charge in [0.2, 0.25) is 11.8 Å². The zero-order valence-corrected chi connectivity index (χ0v) is 16.4. The van der Waals surface area contributed by atoms with Gasteiger partial charge in [0.1, 0.15) is 11.9 Å². The van der Waals surface area contributed by atoms with Gasteiger partial charge in [-0.3, -0.25) is 9.59 Å². The van der Waals surface area contributed by atoms with Gasteiger partial charge in [-0.1, -0.05) is 24.3 Å². The van der Waals surface area contributed by atoms with Crippen molar-refractivity contribution in [2.75, 3.05) is 0 Å². The Labute approximate surface area is 174 Å². The number of benzene rings is 2. The molecule has 1 heterocycles. The number of carbonyl (C=O) groups is 2. The van der Waals surface area contributed by atoms with E-state index in [2.05, 4.69) is 16.7 Å². The molecule has 6 nitrogen and oxygen atoms in total. The maximum Gasteiger partial charge on any atom is 0.248 e. The summed E-state index contributed by atoms with van der Waals surface area (Å²) in [6.45, 7) is 0. The predicted molar refractivity (Wildman–Crippen MR) is 110 cm³/mol. The smallest absolute Gasteiger partial charge is 0.248 e. The maximum absolute atomic E-state index is 14.7. The number of fused-ring (bicyclic) bond motifs is 2. The summed E-state index contributed by atoms with van der Waals surface area (Å²) in [5.74, 6) is -0.820. The lowest BCUT2D eigenvalue weighted by atomic mass is 9.97. The number of nitrogens with zero attached hydrogens (tertiary/aromatic N) is 1. The van der Waals surface area contributed by atoms with Crippen molar-refractivity contribution in [3.8, 4) is 17.2 Å². The van der Waals surface area contributed by atoms with Crippen LogP contribution in [0.25, 0.3) is 11.1 Å². The Morgan fingerprint density at radius 3 is 2.50 bits per heavy atom. The summed E-state index contributed by atoms with van der Waals surface area (Å²) in [5.41, 5.74) is 7.38. The van der Waals surface area contributed by atoms with Crippen LogP contribution in [-0.2, 0) is 11.2 Å². The second kappa shape index (κ2) is 8.25. The van der Waals surface area contributed by atoms with Crippen LogP contribution in [0.1, 0.15) is 35.2 Å². The first-order valence-electron chi connectivity index (χ1n) is 10.1. The number of nitriles is 1. The number of carbonyl (C=O) groups excluding carboxylic acids is 2. The topological polar surface area (TPSA) is 108 Å². The van der Waals surface area contributed by atoms with E-state index in [1.54, 1.807) is 36.4 Å². The van der Waals surface area contributed by atoms with E-state index < -0.39 is 17.8 Å². The highest BCUT2D eigenvalue weighted by Gasteiger charge is 2.43. The van der Waals surface area contributed by atoms with Gasteiger partial charge in [0.25, 0.3) is 0 Å². The molecule has 1 aliphatic carbocycles. The molecule has 0 spiro atoms. The van der Waals surface area contributed by atoms with Crippen LogP contribution < -0.4 is 16.4 Å². The molecule has 4 N–H and O–H groups in total. The summed E-state index contributed by atoms with van der Waals surface area (Å²) < 4.78 is 14.7. The summed E-state index contributed by atoms with van der Waals surface area (Å²) in [6, 6.07) is 12.8. The third-order valence-electron chi connectivity index (χ3n) is 6.09. The number of hydrogen-bond acceptors (Lipinski definition) is 4. The molecule has 1 saturated heterocycles. The molecule has 0 aromatic heterocycles. The highest BCUT2D eigenvalue weighted by atomic mass is 19.1. The molecule has 0 radical (unpaired) electrons. The summed E-state index contributed by atoms with van der Waals surface area (Å²) in [4.78, 5) is 23.7. The number of nitrogens with two attached hydrogens (primary N) is 1. The zero-order chi connectivity index (χ0) is 21.3. The minimum atomic E-state index is -0.798. The summed E-state index contributed by atoms with van der Waals surface area (Å²) >= 11 is 0. The maximum atomic E-state index is 14.7. The number of hydrogen-bond donors (Lipinski definition) is 3. The monoisotopic (exact) mass is 406 g/mol. The van der Waals surface area contributed by atoms with Gasteiger partial charge in [-0.2, -0.15) is 5.26 Å².